The van der Waals surface area contributed by atoms with Crippen molar-refractivity contribution < 1.29 is 0 Å². The van der Waals surface area contributed by atoms with E-state index >= 15 is 0 Å². The minimum Gasteiger partial charge on any atom is -0.383 e. The van der Waals surface area contributed by atoms with Gasteiger partial charge in [0.2, 0.25) is 0 Å². The number of anilines is 1. The Kier molecular flexibility index (Phi) is 6.50. The number of aromatic nitrogens is 1. The molecular formula is C14H25N3S. The number of hydrogen-bond acceptors (Lipinski definition) is 4. The molecule has 1 aromatic rings. The molecule has 0 aliphatic heterocycles. The number of thioether (sulfide) groups is 1. The normalized spacial score (nSPS) is 12.9. The summed E-state index contributed by atoms with van der Waals surface area (Å²) in [6.07, 6.45) is 2.95. The molecule has 102 valence electrons. The Balaban J connectivity index is 2.82. The van der Waals surface area contributed by atoms with E-state index in [2.05, 4.69) is 44.1 Å². The first-order chi connectivity index (χ1) is 8.54. The summed E-state index contributed by atoms with van der Waals surface area (Å²) in [7, 11) is 0. The zero-order valence-corrected chi connectivity index (χ0v) is 12.7. The smallest absolute Gasteiger partial charge is 0.128 e. The molecule has 4 heteroatoms. The van der Waals surface area contributed by atoms with Gasteiger partial charge in [0, 0.05) is 23.6 Å². The molecule has 0 amide bonds. The fourth-order valence-corrected chi connectivity index (χ4v) is 2.62. The fraction of sp³-hybridized carbons (Fsp3) is 0.643. The van der Waals surface area contributed by atoms with Crippen molar-refractivity contribution in [3.8, 4) is 0 Å². The second-order valence-electron chi connectivity index (χ2n) is 4.88. The Morgan fingerprint density at radius 3 is 2.78 bits per heavy atom. The predicted octanol–water partition coefficient (Wildman–Crippen LogP) is 3.15. The van der Waals surface area contributed by atoms with Crippen molar-refractivity contribution in [2.45, 2.75) is 45.4 Å². The van der Waals surface area contributed by atoms with E-state index in [1.807, 2.05) is 18.0 Å². The maximum absolute atomic E-state index is 6.01. The monoisotopic (exact) mass is 267 g/mol. The Bertz CT molecular complexity index is 366. The lowest BCUT2D eigenvalue weighted by atomic mass is 10.1. The summed E-state index contributed by atoms with van der Waals surface area (Å²) in [6.45, 7) is 9.69. The van der Waals surface area contributed by atoms with Crippen LogP contribution in [0.15, 0.2) is 12.3 Å². The minimum absolute atomic E-state index is 0.296. The molecule has 3 nitrogen and oxygen atoms in total. The summed E-state index contributed by atoms with van der Waals surface area (Å²) in [5.41, 5.74) is 8.31. The summed E-state index contributed by atoms with van der Waals surface area (Å²) in [5, 5.41) is 4.20. The van der Waals surface area contributed by atoms with Crippen LogP contribution in [0.25, 0.3) is 0 Å². The van der Waals surface area contributed by atoms with Crippen LogP contribution < -0.4 is 11.1 Å². The standard InChI is InChI=1S/C14H25N3S/c1-5-6-16-13(9-18-10(2)3)12-7-11(4)8-17-14(12)15/h7-8,10,13,16H,5-6,9H2,1-4H3,(H2,15,17). The maximum atomic E-state index is 6.01. The van der Waals surface area contributed by atoms with Crippen LogP contribution in [-0.4, -0.2) is 22.5 Å². The average molecular weight is 267 g/mol. The number of rotatable bonds is 7. The Hall–Kier alpha value is -0.740. The summed E-state index contributed by atoms with van der Waals surface area (Å²) >= 11 is 1.95. The van der Waals surface area contributed by atoms with Crippen LogP contribution in [0, 0.1) is 6.92 Å². The van der Waals surface area contributed by atoms with Crippen molar-refractivity contribution in [1.29, 1.82) is 0 Å². The van der Waals surface area contributed by atoms with Gasteiger partial charge in [-0.15, -0.1) is 0 Å². The van der Waals surface area contributed by atoms with E-state index in [0.29, 0.717) is 17.1 Å². The van der Waals surface area contributed by atoms with Crippen molar-refractivity contribution in [2.75, 3.05) is 18.0 Å². The van der Waals surface area contributed by atoms with Gasteiger partial charge >= 0.3 is 0 Å². The topological polar surface area (TPSA) is 50.9 Å². The van der Waals surface area contributed by atoms with Gasteiger partial charge in [0.1, 0.15) is 5.82 Å². The summed E-state index contributed by atoms with van der Waals surface area (Å²) in [5.74, 6) is 1.69. The number of nitrogens with zero attached hydrogens (tertiary/aromatic N) is 1. The van der Waals surface area contributed by atoms with Gasteiger partial charge in [-0.1, -0.05) is 20.8 Å². The molecule has 3 N–H and O–H groups in total. The molecule has 1 heterocycles. The fourth-order valence-electron chi connectivity index (χ4n) is 1.75. The highest BCUT2D eigenvalue weighted by atomic mass is 32.2. The molecule has 0 bridgehead atoms. The van der Waals surface area contributed by atoms with Gasteiger partial charge in [-0.3, -0.25) is 0 Å². The number of pyridine rings is 1. The van der Waals surface area contributed by atoms with Crippen LogP contribution in [0.4, 0.5) is 5.82 Å². The maximum Gasteiger partial charge on any atom is 0.128 e. The summed E-state index contributed by atoms with van der Waals surface area (Å²) in [4.78, 5) is 4.26. The molecular weight excluding hydrogens is 242 g/mol. The first kappa shape index (κ1) is 15.3. The highest BCUT2D eigenvalue weighted by Crippen LogP contribution is 2.25. The van der Waals surface area contributed by atoms with Crippen molar-refractivity contribution in [3.05, 3.63) is 23.4 Å². The van der Waals surface area contributed by atoms with E-state index in [1.54, 1.807) is 0 Å². The molecule has 0 fully saturated rings. The zero-order chi connectivity index (χ0) is 13.5. The summed E-state index contributed by atoms with van der Waals surface area (Å²) < 4.78 is 0. The van der Waals surface area contributed by atoms with Crippen LogP contribution >= 0.6 is 11.8 Å². The lowest BCUT2D eigenvalue weighted by Gasteiger charge is -2.21. The van der Waals surface area contributed by atoms with Crippen LogP contribution in [-0.2, 0) is 0 Å². The molecule has 1 aromatic heterocycles. The van der Waals surface area contributed by atoms with E-state index in [9.17, 15) is 0 Å². The number of nitrogens with two attached hydrogens (primary N) is 1. The van der Waals surface area contributed by atoms with Crippen LogP contribution in [0.3, 0.4) is 0 Å². The zero-order valence-electron chi connectivity index (χ0n) is 11.9. The van der Waals surface area contributed by atoms with Crippen molar-refractivity contribution >= 4 is 17.6 Å². The van der Waals surface area contributed by atoms with Crippen molar-refractivity contribution in [3.63, 3.8) is 0 Å². The molecule has 0 aliphatic rings. The average Bonchev–Trinajstić information content (AvgIpc) is 2.32. The number of nitrogen functional groups attached to an aromatic ring is 1. The van der Waals surface area contributed by atoms with Crippen molar-refractivity contribution in [2.24, 2.45) is 0 Å². The Labute approximate surface area is 115 Å². The third-order valence-electron chi connectivity index (χ3n) is 2.70. The van der Waals surface area contributed by atoms with E-state index in [1.165, 1.54) is 0 Å². The first-order valence-electron chi connectivity index (χ1n) is 6.61. The molecule has 0 saturated heterocycles. The van der Waals surface area contributed by atoms with Crippen LogP contribution in [0.5, 0.6) is 0 Å². The van der Waals surface area contributed by atoms with Gasteiger partial charge in [-0.2, -0.15) is 11.8 Å². The van der Waals surface area contributed by atoms with Gasteiger partial charge in [0.25, 0.3) is 0 Å². The van der Waals surface area contributed by atoms with Crippen LogP contribution in [0.1, 0.15) is 44.4 Å². The number of aryl methyl sites for hydroxylation is 1. The lowest BCUT2D eigenvalue weighted by molar-refractivity contribution is 0.577. The Morgan fingerprint density at radius 2 is 2.17 bits per heavy atom. The first-order valence-corrected chi connectivity index (χ1v) is 7.66. The molecule has 1 unspecified atom stereocenters. The van der Waals surface area contributed by atoms with E-state index in [4.69, 9.17) is 5.73 Å². The van der Waals surface area contributed by atoms with E-state index in [0.717, 1.165) is 29.8 Å². The van der Waals surface area contributed by atoms with Crippen LogP contribution in [0.2, 0.25) is 0 Å². The molecule has 0 radical (unpaired) electrons. The predicted molar refractivity (Wildman–Crippen MR) is 82.0 cm³/mol. The molecule has 0 saturated carbocycles. The van der Waals surface area contributed by atoms with Gasteiger partial charge in [0.05, 0.1) is 0 Å². The highest BCUT2D eigenvalue weighted by Gasteiger charge is 2.15. The van der Waals surface area contributed by atoms with Gasteiger partial charge in [0.15, 0.2) is 0 Å². The van der Waals surface area contributed by atoms with Gasteiger partial charge < -0.3 is 11.1 Å². The third kappa shape index (κ3) is 4.86. The second kappa shape index (κ2) is 7.64. The lowest BCUT2D eigenvalue weighted by Crippen LogP contribution is -2.26. The van der Waals surface area contributed by atoms with E-state index in [-0.39, 0.29) is 0 Å². The van der Waals surface area contributed by atoms with Gasteiger partial charge in [-0.05, 0) is 36.8 Å². The molecule has 0 spiro atoms. The van der Waals surface area contributed by atoms with Gasteiger partial charge in [-0.25, -0.2) is 4.98 Å². The van der Waals surface area contributed by atoms with E-state index < -0.39 is 0 Å². The molecule has 0 aromatic carbocycles. The largest absolute Gasteiger partial charge is 0.383 e. The second-order valence-corrected chi connectivity index (χ2v) is 6.49. The number of hydrogen-bond donors (Lipinski definition) is 2. The molecule has 1 rings (SSSR count). The quantitative estimate of drug-likeness (QED) is 0.797. The SMILES string of the molecule is CCCNC(CSC(C)C)c1cc(C)cnc1N. The summed E-state index contributed by atoms with van der Waals surface area (Å²) in [6, 6.07) is 2.45. The Morgan fingerprint density at radius 1 is 1.44 bits per heavy atom. The van der Waals surface area contributed by atoms with Crippen molar-refractivity contribution in [1.82, 2.24) is 10.3 Å². The third-order valence-corrected chi connectivity index (χ3v) is 3.89. The minimum atomic E-state index is 0.296. The molecule has 18 heavy (non-hydrogen) atoms. The number of nitrogens with one attached hydrogen (secondary N) is 1. The molecule has 1 atom stereocenters. The molecule has 0 aliphatic carbocycles. The highest BCUT2D eigenvalue weighted by molar-refractivity contribution is 7.99.